The van der Waals surface area contributed by atoms with E-state index < -0.39 is 0 Å². The molecular formula is C16H20N4O. The van der Waals surface area contributed by atoms with Crippen molar-refractivity contribution < 1.29 is 4.42 Å². The highest BCUT2D eigenvalue weighted by Gasteiger charge is 2.16. The zero-order chi connectivity index (χ0) is 14.8. The standard InChI is InChI=1S/C16H20N4O/c1-12-13(7-10-21-12)11-19(2)16-14(6-8-17)20-9-4-3-5-15(20)18-16/h3-5,7,9-10H,6,8,11,17H2,1-2H3. The van der Waals surface area contributed by atoms with E-state index in [1.54, 1.807) is 6.26 Å². The van der Waals surface area contributed by atoms with Crippen molar-refractivity contribution in [2.45, 2.75) is 19.9 Å². The first-order chi connectivity index (χ1) is 10.2. The maximum atomic E-state index is 5.77. The Morgan fingerprint density at radius 1 is 1.33 bits per heavy atom. The van der Waals surface area contributed by atoms with Gasteiger partial charge in [0.2, 0.25) is 0 Å². The molecule has 110 valence electrons. The van der Waals surface area contributed by atoms with Crippen molar-refractivity contribution in [1.29, 1.82) is 0 Å². The molecule has 3 rings (SSSR count). The van der Waals surface area contributed by atoms with Crippen LogP contribution in [0.4, 0.5) is 5.82 Å². The molecule has 0 bridgehead atoms. The molecule has 3 heterocycles. The molecule has 0 saturated heterocycles. The summed E-state index contributed by atoms with van der Waals surface area (Å²) in [5.74, 6) is 1.93. The van der Waals surface area contributed by atoms with Crippen LogP contribution in [-0.2, 0) is 13.0 Å². The van der Waals surface area contributed by atoms with E-state index in [0.717, 1.165) is 35.9 Å². The lowest BCUT2D eigenvalue weighted by Gasteiger charge is -2.18. The monoisotopic (exact) mass is 284 g/mol. The topological polar surface area (TPSA) is 59.7 Å². The average molecular weight is 284 g/mol. The molecule has 3 aromatic rings. The minimum Gasteiger partial charge on any atom is -0.469 e. The largest absolute Gasteiger partial charge is 0.469 e. The van der Waals surface area contributed by atoms with Crippen molar-refractivity contribution in [3.63, 3.8) is 0 Å². The van der Waals surface area contributed by atoms with Gasteiger partial charge in [0, 0.05) is 31.8 Å². The normalized spacial score (nSPS) is 11.2. The molecule has 3 aromatic heterocycles. The number of furan rings is 1. The number of nitrogens with zero attached hydrogens (tertiary/aromatic N) is 3. The quantitative estimate of drug-likeness (QED) is 0.781. The van der Waals surface area contributed by atoms with Crippen molar-refractivity contribution >= 4 is 11.5 Å². The van der Waals surface area contributed by atoms with Crippen molar-refractivity contribution in [3.05, 3.63) is 53.7 Å². The zero-order valence-corrected chi connectivity index (χ0v) is 12.4. The molecule has 0 amide bonds. The lowest BCUT2D eigenvalue weighted by molar-refractivity contribution is 0.529. The molecule has 0 aliphatic heterocycles. The highest BCUT2D eigenvalue weighted by Crippen LogP contribution is 2.23. The van der Waals surface area contributed by atoms with Crippen LogP contribution in [0.15, 0.2) is 41.1 Å². The molecule has 0 aliphatic carbocycles. The van der Waals surface area contributed by atoms with Crippen LogP contribution in [0.5, 0.6) is 0 Å². The first-order valence-electron chi connectivity index (χ1n) is 7.11. The van der Waals surface area contributed by atoms with Gasteiger partial charge in [0.1, 0.15) is 11.4 Å². The molecule has 0 aliphatic rings. The molecule has 5 nitrogen and oxygen atoms in total. The summed E-state index contributed by atoms with van der Waals surface area (Å²) < 4.78 is 7.48. The fourth-order valence-electron chi connectivity index (χ4n) is 2.61. The Morgan fingerprint density at radius 2 is 2.19 bits per heavy atom. The van der Waals surface area contributed by atoms with Crippen LogP contribution in [-0.4, -0.2) is 23.0 Å². The summed E-state index contributed by atoms with van der Waals surface area (Å²) in [6, 6.07) is 8.03. The summed E-state index contributed by atoms with van der Waals surface area (Å²) >= 11 is 0. The fourth-order valence-corrected chi connectivity index (χ4v) is 2.61. The van der Waals surface area contributed by atoms with E-state index in [2.05, 4.69) is 9.30 Å². The van der Waals surface area contributed by atoms with Gasteiger partial charge in [0.05, 0.1) is 12.0 Å². The number of aryl methyl sites for hydroxylation is 1. The van der Waals surface area contributed by atoms with Crippen LogP contribution in [0.1, 0.15) is 17.0 Å². The fraction of sp³-hybridized carbons (Fsp3) is 0.312. The Bertz CT molecular complexity index is 744. The number of hydrogen-bond donors (Lipinski definition) is 1. The number of aromatic nitrogens is 2. The molecule has 21 heavy (non-hydrogen) atoms. The molecule has 2 N–H and O–H groups in total. The molecule has 0 unspecified atom stereocenters. The van der Waals surface area contributed by atoms with E-state index in [-0.39, 0.29) is 0 Å². The molecule has 0 fully saturated rings. The van der Waals surface area contributed by atoms with Gasteiger partial charge in [-0.25, -0.2) is 4.98 Å². The van der Waals surface area contributed by atoms with E-state index in [9.17, 15) is 0 Å². The minimum atomic E-state index is 0.605. The number of anilines is 1. The summed E-state index contributed by atoms with van der Waals surface area (Å²) in [7, 11) is 2.05. The molecule has 0 saturated carbocycles. The summed E-state index contributed by atoms with van der Waals surface area (Å²) in [4.78, 5) is 6.89. The van der Waals surface area contributed by atoms with Crippen LogP contribution in [0.25, 0.3) is 5.65 Å². The highest BCUT2D eigenvalue weighted by atomic mass is 16.3. The van der Waals surface area contributed by atoms with Gasteiger partial charge in [0.15, 0.2) is 5.82 Å². The van der Waals surface area contributed by atoms with E-state index >= 15 is 0 Å². The third-order valence-corrected chi connectivity index (χ3v) is 3.72. The van der Waals surface area contributed by atoms with Crippen molar-refractivity contribution in [3.8, 4) is 0 Å². The molecule has 0 aromatic carbocycles. The summed E-state index contributed by atoms with van der Waals surface area (Å²) in [6.07, 6.45) is 4.56. The van der Waals surface area contributed by atoms with Gasteiger partial charge in [-0.1, -0.05) is 6.07 Å². The van der Waals surface area contributed by atoms with Crippen LogP contribution < -0.4 is 10.6 Å². The number of hydrogen-bond acceptors (Lipinski definition) is 4. The van der Waals surface area contributed by atoms with Crippen LogP contribution in [0, 0.1) is 6.92 Å². The second kappa shape index (κ2) is 5.61. The Hall–Kier alpha value is -2.27. The maximum absolute atomic E-state index is 5.77. The Labute approximate surface area is 124 Å². The molecule has 0 atom stereocenters. The molecule has 0 spiro atoms. The predicted octanol–water partition coefficient (Wildman–Crippen LogP) is 2.37. The summed E-state index contributed by atoms with van der Waals surface area (Å²) in [6.45, 7) is 3.35. The molecular weight excluding hydrogens is 264 g/mol. The number of nitrogens with two attached hydrogens (primary N) is 1. The lowest BCUT2D eigenvalue weighted by atomic mass is 10.2. The van der Waals surface area contributed by atoms with Crippen LogP contribution >= 0.6 is 0 Å². The SMILES string of the molecule is Cc1occc1CN(C)c1nc2ccccn2c1CCN. The molecule has 0 radical (unpaired) electrons. The average Bonchev–Trinajstić information content (AvgIpc) is 3.04. The second-order valence-corrected chi connectivity index (χ2v) is 5.21. The molecule has 5 heteroatoms. The van der Waals surface area contributed by atoms with E-state index in [1.807, 2.05) is 44.4 Å². The van der Waals surface area contributed by atoms with Gasteiger partial charge in [-0.2, -0.15) is 0 Å². The third kappa shape index (κ3) is 2.52. The predicted molar refractivity (Wildman–Crippen MR) is 83.5 cm³/mol. The number of rotatable bonds is 5. The number of fused-ring (bicyclic) bond motifs is 1. The summed E-state index contributed by atoms with van der Waals surface area (Å²) in [5, 5.41) is 0. The number of pyridine rings is 1. The third-order valence-electron chi connectivity index (χ3n) is 3.72. The Kier molecular flexibility index (Phi) is 3.66. The van der Waals surface area contributed by atoms with Gasteiger partial charge >= 0.3 is 0 Å². The van der Waals surface area contributed by atoms with Crippen molar-refractivity contribution in [2.75, 3.05) is 18.5 Å². The van der Waals surface area contributed by atoms with E-state index in [1.165, 1.54) is 5.56 Å². The van der Waals surface area contributed by atoms with Gasteiger partial charge in [-0.3, -0.25) is 0 Å². The maximum Gasteiger partial charge on any atom is 0.151 e. The smallest absolute Gasteiger partial charge is 0.151 e. The summed E-state index contributed by atoms with van der Waals surface area (Å²) in [5.41, 5.74) is 9.04. The first kappa shape index (κ1) is 13.7. The van der Waals surface area contributed by atoms with Crippen molar-refractivity contribution in [2.24, 2.45) is 5.73 Å². The zero-order valence-electron chi connectivity index (χ0n) is 12.4. The van der Waals surface area contributed by atoms with Crippen LogP contribution in [0.3, 0.4) is 0 Å². The van der Waals surface area contributed by atoms with E-state index in [4.69, 9.17) is 15.1 Å². The Morgan fingerprint density at radius 3 is 2.90 bits per heavy atom. The van der Waals surface area contributed by atoms with Crippen LogP contribution in [0.2, 0.25) is 0 Å². The second-order valence-electron chi connectivity index (χ2n) is 5.21. The van der Waals surface area contributed by atoms with E-state index in [0.29, 0.717) is 6.54 Å². The van der Waals surface area contributed by atoms with Gasteiger partial charge in [-0.05, 0) is 31.7 Å². The highest BCUT2D eigenvalue weighted by molar-refractivity contribution is 5.56. The van der Waals surface area contributed by atoms with Gasteiger partial charge in [0.25, 0.3) is 0 Å². The van der Waals surface area contributed by atoms with Gasteiger partial charge < -0.3 is 19.5 Å². The first-order valence-corrected chi connectivity index (χ1v) is 7.11. The van der Waals surface area contributed by atoms with Crippen molar-refractivity contribution in [1.82, 2.24) is 9.38 Å². The minimum absolute atomic E-state index is 0.605. The van der Waals surface area contributed by atoms with Gasteiger partial charge in [-0.15, -0.1) is 0 Å². The Balaban J connectivity index is 1.98. The lowest BCUT2D eigenvalue weighted by Crippen LogP contribution is -2.19. The number of imidazole rings is 1.